The van der Waals surface area contributed by atoms with Gasteiger partial charge < -0.3 is 9.30 Å². The fraction of sp³-hybridized carbons (Fsp3) is 0.174. The minimum Gasteiger partial charge on any atom is -0.410 e. The monoisotopic (exact) mass is 358 g/mol. The number of anilines is 1. The Bertz CT molecular complexity index is 1130. The van der Waals surface area contributed by atoms with E-state index in [4.69, 9.17) is 4.74 Å². The first-order valence-electron chi connectivity index (χ1n) is 9.12. The zero-order valence-corrected chi connectivity index (χ0v) is 15.7. The summed E-state index contributed by atoms with van der Waals surface area (Å²) in [6, 6.07) is 21.8. The molecule has 0 saturated heterocycles. The van der Waals surface area contributed by atoms with Gasteiger partial charge in [-0.3, -0.25) is 5.32 Å². The van der Waals surface area contributed by atoms with Crippen LogP contribution in [0.1, 0.15) is 25.5 Å². The molecular formula is C23H22N2O2. The first-order valence-corrected chi connectivity index (χ1v) is 9.12. The largest absolute Gasteiger partial charge is 0.417 e. The minimum absolute atomic E-state index is 0.341. The van der Waals surface area contributed by atoms with E-state index in [2.05, 4.69) is 54.1 Å². The highest BCUT2D eigenvalue weighted by atomic mass is 16.6. The summed E-state index contributed by atoms with van der Waals surface area (Å²) >= 11 is 0. The van der Waals surface area contributed by atoms with Crippen LogP contribution in [-0.4, -0.2) is 10.7 Å². The Morgan fingerprint density at radius 1 is 0.926 bits per heavy atom. The molecule has 1 heterocycles. The number of carbonyl (C=O) groups is 1. The number of rotatable bonds is 3. The standard InChI is InChI=1S/C23H22N2O2/c1-15(2)25-20-12-8-7-11-18(20)22-16(3)19(13-14-21(22)25)24-23(26)27-17-9-5-4-6-10-17/h4-15H,1-3H3,(H,24,26). The van der Waals surface area contributed by atoms with Crippen LogP contribution in [0.3, 0.4) is 0 Å². The predicted molar refractivity (Wildman–Crippen MR) is 111 cm³/mol. The Morgan fingerprint density at radius 2 is 1.63 bits per heavy atom. The van der Waals surface area contributed by atoms with Gasteiger partial charge in [0.1, 0.15) is 5.75 Å². The van der Waals surface area contributed by atoms with Crippen molar-refractivity contribution in [3.63, 3.8) is 0 Å². The second kappa shape index (κ2) is 6.80. The van der Waals surface area contributed by atoms with Crippen LogP contribution in [0.5, 0.6) is 5.75 Å². The molecule has 0 aliphatic heterocycles. The second-order valence-corrected chi connectivity index (χ2v) is 6.94. The molecule has 4 nitrogen and oxygen atoms in total. The van der Waals surface area contributed by atoms with Gasteiger partial charge in [-0.25, -0.2) is 4.79 Å². The summed E-state index contributed by atoms with van der Waals surface area (Å²) in [7, 11) is 0. The van der Waals surface area contributed by atoms with Crippen molar-refractivity contribution in [2.45, 2.75) is 26.8 Å². The third kappa shape index (κ3) is 3.04. The molecule has 1 aromatic heterocycles. The molecular weight excluding hydrogens is 336 g/mol. The first-order chi connectivity index (χ1) is 13.1. The summed E-state index contributed by atoms with van der Waals surface area (Å²) < 4.78 is 7.70. The smallest absolute Gasteiger partial charge is 0.410 e. The summed E-state index contributed by atoms with van der Waals surface area (Å²) in [6.07, 6.45) is -0.490. The number of aromatic nitrogens is 1. The zero-order chi connectivity index (χ0) is 19.0. The Balaban J connectivity index is 1.76. The maximum Gasteiger partial charge on any atom is 0.417 e. The van der Waals surface area contributed by atoms with Crippen LogP contribution in [0.4, 0.5) is 10.5 Å². The fourth-order valence-electron chi connectivity index (χ4n) is 3.69. The number of carbonyl (C=O) groups excluding carboxylic acids is 1. The maximum atomic E-state index is 12.3. The van der Waals surface area contributed by atoms with E-state index in [1.54, 1.807) is 12.1 Å². The number of para-hydroxylation sites is 2. The van der Waals surface area contributed by atoms with Crippen molar-refractivity contribution in [1.29, 1.82) is 0 Å². The number of aryl methyl sites for hydroxylation is 1. The molecule has 27 heavy (non-hydrogen) atoms. The lowest BCUT2D eigenvalue weighted by Crippen LogP contribution is -2.17. The van der Waals surface area contributed by atoms with Crippen LogP contribution in [0.2, 0.25) is 0 Å². The van der Waals surface area contributed by atoms with Gasteiger partial charge >= 0.3 is 6.09 Å². The quantitative estimate of drug-likeness (QED) is 0.467. The van der Waals surface area contributed by atoms with Gasteiger partial charge in [0.05, 0.1) is 0 Å². The van der Waals surface area contributed by atoms with Gasteiger partial charge in [0.15, 0.2) is 0 Å². The summed E-state index contributed by atoms with van der Waals surface area (Å²) in [5.74, 6) is 0.519. The summed E-state index contributed by atoms with van der Waals surface area (Å²) in [4.78, 5) is 12.3. The number of ether oxygens (including phenoxy) is 1. The van der Waals surface area contributed by atoms with Gasteiger partial charge in [-0.2, -0.15) is 0 Å². The maximum absolute atomic E-state index is 12.3. The van der Waals surface area contributed by atoms with E-state index in [1.807, 2.05) is 31.2 Å². The molecule has 0 unspecified atom stereocenters. The number of nitrogens with zero attached hydrogens (tertiary/aromatic N) is 1. The first kappa shape index (κ1) is 17.2. The number of fused-ring (bicyclic) bond motifs is 3. The normalized spacial score (nSPS) is 11.3. The van der Waals surface area contributed by atoms with Crippen LogP contribution < -0.4 is 10.1 Å². The van der Waals surface area contributed by atoms with Gasteiger partial charge in [-0.15, -0.1) is 0 Å². The third-order valence-corrected chi connectivity index (χ3v) is 4.84. The van der Waals surface area contributed by atoms with E-state index in [0.29, 0.717) is 11.8 Å². The van der Waals surface area contributed by atoms with Crippen LogP contribution in [0.25, 0.3) is 21.8 Å². The van der Waals surface area contributed by atoms with E-state index in [0.717, 1.165) is 16.6 Å². The Labute approximate surface area is 158 Å². The predicted octanol–water partition coefficient (Wildman–Crippen LogP) is 6.29. The van der Waals surface area contributed by atoms with E-state index >= 15 is 0 Å². The lowest BCUT2D eigenvalue weighted by Gasteiger charge is -2.13. The Morgan fingerprint density at radius 3 is 2.37 bits per heavy atom. The molecule has 4 rings (SSSR count). The highest BCUT2D eigenvalue weighted by Gasteiger charge is 2.17. The lowest BCUT2D eigenvalue weighted by molar-refractivity contribution is 0.215. The summed E-state index contributed by atoms with van der Waals surface area (Å²) in [5, 5.41) is 5.24. The van der Waals surface area contributed by atoms with E-state index in [9.17, 15) is 4.79 Å². The molecule has 1 amide bonds. The zero-order valence-electron chi connectivity index (χ0n) is 15.7. The number of benzene rings is 3. The molecule has 4 heteroatoms. The number of nitrogens with one attached hydrogen (secondary N) is 1. The second-order valence-electron chi connectivity index (χ2n) is 6.94. The molecule has 0 aliphatic carbocycles. The van der Waals surface area contributed by atoms with Crippen molar-refractivity contribution in [2.75, 3.05) is 5.32 Å². The van der Waals surface area contributed by atoms with Gasteiger partial charge in [0, 0.05) is 33.5 Å². The van der Waals surface area contributed by atoms with Crippen molar-refractivity contribution < 1.29 is 9.53 Å². The molecule has 0 aliphatic rings. The molecule has 0 atom stereocenters. The molecule has 136 valence electrons. The minimum atomic E-state index is -0.490. The number of hydrogen-bond donors (Lipinski definition) is 1. The molecule has 0 radical (unpaired) electrons. The van der Waals surface area contributed by atoms with Crippen molar-refractivity contribution in [1.82, 2.24) is 4.57 Å². The third-order valence-electron chi connectivity index (χ3n) is 4.84. The summed E-state index contributed by atoms with van der Waals surface area (Å²) in [6.45, 7) is 6.41. The molecule has 0 bridgehead atoms. The topological polar surface area (TPSA) is 43.3 Å². The Kier molecular flexibility index (Phi) is 4.32. The highest BCUT2D eigenvalue weighted by molar-refractivity contribution is 6.12. The average molecular weight is 358 g/mol. The van der Waals surface area contributed by atoms with Crippen LogP contribution >= 0.6 is 0 Å². The van der Waals surface area contributed by atoms with Gasteiger partial charge in [0.2, 0.25) is 0 Å². The van der Waals surface area contributed by atoms with Crippen LogP contribution in [0, 0.1) is 6.92 Å². The van der Waals surface area contributed by atoms with Crippen LogP contribution in [-0.2, 0) is 0 Å². The van der Waals surface area contributed by atoms with E-state index in [1.165, 1.54) is 16.4 Å². The average Bonchev–Trinajstić information content (AvgIpc) is 3.00. The van der Waals surface area contributed by atoms with Crippen molar-refractivity contribution in [3.05, 3.63) is 72.3 Å². The molecule has 3 aromatic carbocycles. The van der Waals surface area contributed by atoms with Gasteiger partial charge in [-0.1, -0.05) is 36.4 Å². The van der Waals surface area contributed by atoms with Crippen LogP contribution in [0.15, 0.2) is 66.7 Å². The lowest BCUT2D eigenvalue weighted by atomic mass is 10.1. The molecule has 1 N–H and O–H groups in total. The van der Waals surface area contributed by atoms with Gasteiger partial charge in [0.25, 0.3) is 0 Å². The molecule has 4 aromatic rings. The van der Waals surface area contributed by atoms with E-state index < -0.39 is 6.09 Å². The van der Waals surface area contributed by atoms with Crippen molar-refractivity contribution >= 4 is 33.6 Å². The molecule has 0 spiro atoms. The number of amides is 1. The number of hydrogen-bond acceptors (Lipinski definition) is 2. The summed E-state index contributed by atoms with van der Waals surface area (Å²) in [5.41, 5.74) is 4.17. The van der Waals surface area contributed by atoms with E-state index in [-0.39, 0.29) is 0 Å². The van der Waals surface area contributed by atoms with Crippen molar-refractivity contribution in [2.24, 2.45) is 0 Å². The van der Waals surface area contributed by atoms with Gasteiger partial charge in [-0.05, 0) is 56.7 Å². The molecule has 0 fully saturated rings. The fourth-order valence-corrected chi connectivity index (χ4v) is 3.69. The SMILES string of the molecule is Cc1c(NC(=O)Oc2ccccc2)ccc2c1c1ccccc1n2C(C)C. The molecule has 0 saturated carbocycles. The van der Waals surface area contributed by atoms with Crippen molar-refractivity contribution in [3.8, 4) is 5.75 Å². The highest BCUT2D eigenvalue weighted by Crippen LogP contribution is 2.36. The Hall–Kier alpha value is -3.27.